The molecule has 0 atom stereocenters. The van der Waals surface area contributed by atoms with Crippen molar-refractivity contribution in [3.05, 3.63) is 23.1 Å². The van der Waals surface area contributed by atoms with Gasteiger partial charge >= 0.3 is 34.1 Å². The van der Waals surface area contributed by atoms with Gasteiger partial charge in [-0.2, -0.15) is 5.71 Å². The smallest absolute Gasteiger partial charge is 0.810 e. The summed E-state index contributed by atoms with van der Waals surface area (Å²) in [5.74, 6) is 0. The third kappa shape index (κ3) is 50.5. The zero-order valence-electron chi connectivity index (χ0n) is 6.88. The maximum absolute atomic E-state index is 8.03. The average Bonchev–Trinajstić information content (AvgIpc) is 1.89. The summed E-state index contributed by atoms with van der Waals surface area (Å²) < 4.78 is 0. The Hall–Kier alpha value is 0.00896. The predicted molar refractivity (Wildman–Crippen MR) is 41.8 cm³/mol. The summed E-state index contributed by atoms with van der Waals surface area (Å²) in [6, 6.07) is 0. The number of allylic oxidation sites excluding steroid dienone is 1. The molecule has 0 spiro atoms. The van der Waals surface area contributed by atoms with Crippen LogP contribution in [0.5, 0.6) is 0 Å². The van der Waals surface area contributed by atoms with E-state index in [9.17, 15) is 0 Å². The quantitative estimate of drug-likeness (QED) is 0.421. The Balaban J connectivity index is -0.0000000457. The van der Waals surface area contributed by atoms with Crippen molar-refractivity contribution in [1.29, 1.82) is 0 Å². The molecule has 0 amide bonds. The predicted octanol–water partition coefficient (Wildman–Crippen LogP) is 1.46. The fourth-order valence-electron chi connectivity index (χ4n) is 0. The molecule has 0 bridgehead atoms. The molecule has 70 valence electrons. The third-order valence-electron chi connectivity index (χ3n) is 0.422. The maximum atomic E-state index is 8.03. The Kier molecular flexibility index (Phi) is 32.5. The van der Waals surface area contributed by atoms with Crippen molar-refractivity contribution in [1.82, 2.24) is 0 Å². The van der Waals surface area contributed by atoms with Crippen LogP contribution in [0.3, 0.4) is 0 Å². The molecule has 2 radical (unpaired) electrons. The van der Waals surface area contributed by atoms with Gasteiger partial charge in [0, 0.05) is 6.61 Å². The Labute approximate surface area is 93.7 Å². The third-order valence-corrected chi connectivity index (χ3v) is 0.422. The van der Waals surface area contributed by atoms with Crippen molar-refractivity contribution in [2.45, 2.75) is 13.8 Å². The minimum atomic E-state index is -0.222. The largest absolute Gasteiger partial charge is 2.00 e. The van der Waals surface area contributed by atoms with E-state index < -0.39 is 0 Å². The van der Waals surface area contributed by atoms with Gasteiger partial charge in [-0.25, -0.2) is 0 Å². The van der Waals surface area contributed by atoms with Crippen LogP contribution in [0.15, 0.2) is 12.0 Å². The van der Waals surface area contributed by atoms with E-state index in [4.69, 9.17) is 21.4 Å². The van der Waals surface area contributed by atoms with Crippen LogP contribution in [-0.2, 0) is 34.1 Å². The molecule has 0 fully saturated rings. The van der Waals surface area contributed by atoms with Crippen molar-refractivity contribution >= 4 is 5.71 Å². The number of nitrogens with one attached hydrogen (secondary N) is 1. The molecule has 0 aromatic carbocycles. The zero-order valence-corrected chi connectivity index (χ0v) is 9.24. The molecule has 0 rings (SSSR count). The Morgan fingerprint density at radius 3 is 1.58 bits per heavy atom. The van der Waals surface area contributed by atoms with Crippen molar-refractivity contribution < 1.29 is 44.4 Å². The molecule has 3 N–H and O–H groups in total. The van der Waals surface area contributed by atoms with Gasteiger partial charge in [-0.1, -0.05) is 13.8 Å². The van der Waals surface area contributed by atoms with Crippen LogP contribution < -0.4 is 0 Å². The van der Waals surface area contributed by atoms with Crippen molar-refractivity contribution in [2.24, 2.45) is 0 Å². The van der Waals surface area contributed by atoms with Crippen LogP contribution in [0.2, 0.25) is 0 Å². The number of aliphatic hydroxyl groups is 2. The molecule has 0 saturated carbocycles. The standard InChI is InChI=1S/2C3H6NO.2Mn/c2*1-3(4)2-5;;/h5H,2H2,1H3;2,4-5H,1H3;;/q2*-1;2*+2. The van der Waals surface area contributed by atoms with Gasteiger partial charge in [-0.15, -0.1) is 5.70 Å². The van der Waals surface area contributed by atoms with Gasteiger partial charge in [0.15, 0.2) is 0 Å². The summed E-state index contributed by atoms with van der Waals surface area (Å²) in [5.41, 5.74) is 6.68. The summed E-state index contributed by atoms with van der Waals surface area (Å²) >= 11 is 0. The number of hydrogen-bond acceptors (Lipinski definition) is 2. The van der Waals surface area contributed by atoms with E-state index in [2.05, 4.69) is 0 Å². The Morgan fingerprint density at radius 2 is 1.58 bits per heavy atom. The number of nitrogens with zero attached hydrogens (tertiary/aromatic N) is 1. The number of hydrogen-bond donors (Lipinski definition) is 2. The SMILES string of the molecule is CC(=[N-])CO.CC([NH-])=CO.[Mn+2].[Mn+2]. The summed E-state index contributed by atoms with van der Waals surface area (Å²) in [6.07, 6.45) is 0.750. The van der Waals surface area contributed by atoms with Crippen molar-refractivity contribution in [3.8, 4) is 0 Å². The maximum Gasteiger partial charge on any atom is 2.00 e. The van der Waals surface area contributed by atoms with E-state index in [1.807, 2.05) is 0 Å². The fourth-order valence-corrected chi connectivity index (χ4v) is 0. The van der Waals surface area contributed by atoms with Crippen LogP contribution >= 0.6 is 0 Å². The first kappa shape index (κ1) is 22.7. The van der Waals surface area contributed by atoms with Crippen molar-refractivity contribution in [2.75, 3.05) is 6.61 Å². The van der Waals surface area contributed by atoms with E-state index in [-0.39, 0.29) is 52.2 Å². The van der Waals surface area contributed by atoms with Crippen molar-refractivity contribution in [3.63, 3.8) is 0 Å². The molecule has 0 aliphatic carbocycles. The summed E-state index contributed by atoms with van der Waals surface area (Å²) in [4.78, 5) is 0. The van der Waals surface area contributed by atoms with Crippen LogP contribution in [0, 0.1) is 0 Å². The second-order valence-electron chi connectivity index (χ2n) is 1.71. The summed E-state index contributed by atoms with van der Waals surface area (Å²) in [6.45, 7) is 2.72. The first-order valence-electron chi connectivity index (χ1n) is 2.69. The molecule has 6 heteroatoms. The molecule has 0 aromatic rings. The molecule has 0 heterocycles. The van der Waals surface area contributed by atoms with Gasteiger partial charge in [0.2, 0.25) is 0 Å². The van der Waals surface area contributed by atoms with E-state index >= 15 is 0 Å². The van der Waals surface area contributed by atoms with E-state index in [1.54, 1.807) is 0 Å². The molecule has 0 unspecified atom stereocenters. The van der Waals surface area contributed by atoms with Gasteiger partial charge in [0.25, 0.3) is 0 Å². The Bertz CT molecular complexity index is 125. The molecule has 0 saturated heterocycles. The molecular weight excluding hydrogens is 242 g/mol. The van der Waals surface area contributed by atoms with E-state index in [0.717, 1.165) is 6.26 Å². The summed E-state index contributed by atoms with van der Waals surface area (Å²) in [7, 11) is 0. The zero-order chi connectivity index (χ0) is 8.57. The molecule has 4 nitrogen and oxygen atoms in total. The Morgan fingerprint density at radius 1 is 1.42 bits per heavy atom. The number of rotatable bonds is 1. The first-order chi connectivity index (χ1) is 4.54. The van der Waals surface area contributed by atoms with E-state index in [1.165, 1.54) is 13.8 Å². The molecular formula is C6H12Mn2N2O2+2. The molecule has 0 aromatic heterocycles. The van der Waals surface area contributed by atoms with Crippen LogP contribution in [-0.4, -0.2) is 22.5 Å². The van der Waals surface area contributed by atoms with Gasteiger partial charge in [0.1, 0.15) is 0 Å². The molecule has 12 heavy (non-hydrogen) atoms. The summed E-state index contributed by atoms with van der Waals surface area (Å²) in [5, 5.41) is 23.7. The second-order valence-corrected chi connectivity index (χ2v) is 1.71. The minimum Gasteiger partial charge on any atom is -0.810 e. The topological polar surface area (TPSA) is 86.6 Å². The minimum absolute atomic E-state index is 0. The fraction of sp³-hybridized carbons (Fsp3) is 0.500. The van der Waals surface area contributed by atoms with Gasteiger partial charge < -0.3 is 21.4 Å². The van der Waals surface area contributed by atoms with Gasteiger partial charge in [-0.05, 0) is 0 Å². The second kappa shape index (κ2) is 17.2. The van der Waals surface area contributed by atoms with E-state index in [0.29, 0.717) is 0 Å². The van der Waals surface area contributed by atoms with Gasteiger partial charge in [-0.3, -0.25) is 0 Å². The molecule has 0 aliphatic heterocycles. The van der Waals surface area contributed by atoms with Crippen LogP contribution in [0.1, 0.15) is 13.8 Å². The normalized spacial score (nSPS) is 8.08. The number of aliphatic hydroxyl groups excluding tert-OH is 2. The van der Waals surface area contributed by atoms with Gasteiger partial charge in [0.05, 0.1) is 6.26 Å². The molecule has 0 aliphatic rings. The first-order valence-corrected chi connectivity index (χ1v) is 2.69. The van der Waals surface area contributed by atoms with Crippen LogP contribution in [0.4, 0.5) is 0 Å². The average molecular weight is 254 g/mol. The monoisotopic (exact) mass is 254 g/mol. The van der Waals surface area contributed by atoms with Crippen LogP contribution in [0.25, 0.3) is 11.1 Å².